The average Bonchev–Trinajstić information content (AvgIpc) is 3.57. The molecule has 2 fully saturated rings. The number of H-pyrrole nitrogens is 1. The van der Waals surface area contributed by atoms with Crippen LogP contribution in [0.2, 0.25) is 0 Å². The molecule has 198 valence electrons. The van der Waals surface area contributed by atoms with Gasteiger partial charge in [0.2, 0.25) is 5.96 Å². The van der Waals surface area contributed by atoms with E-state index in [1.54, 1.807) is 12.4 Å². The number of nitrogens with zero attached hydrogens (tertiary/aromatic N) is 5. The molecule has 4 heterocycles. The molecule has 1 aromatic carbocycles. The number of aromatic amines is 1. The number of amidine groups is 1. The van der Waals surface area contributed by atoms with Crippen molar-refractivity contribution in [2.24, 2.45) is 20.8 Å². The van der Waals surface area contributed by atoms with Crippen molar-refractivity contribution in [3.05, 3.63) is 78.5 Å². The predicted molar refractivity (Wildman–Crippen MR) is 147 cm³/mol. The van der Waals surface area contributed by atoms with Gasteiger partial charge in [-0.15, -0.1) is 0 Å². The molecule has 3 aromatic rings. The summed E-state index contributed by atoms with van der Waals surface area (Å²) in [6, 6.07) is 13.8. The van der Waals surface area contributed by atoms with Crippen LogP contribution in [0.25, 0.3) is 10.9 Å². The maximum absolute atomic E-state index is 6.11. The number of pyridine rings is 1. The first-order valence-electron chi connectivity index (χ1n) is 12.6. The SMILES string of the molecule is C=C(N=C(N=C(N)N/N=C/c1c[nH]c2ccccc12)OCCc1ccccn1)N1CCC2(CC1)OCCO2. The van der Waals surface area contributed by atoms with Gasteiger partial charge in [0.25, 0.3) is 0 Å². The molecule has 0 atom stereocenters. The van der Waals surface area contributed by atoms with Crippen molar-refractivity contribution < 1.29 is 14.2 Å². The number of nitrogens with two attached hydrogens (primary N) is 1. The summed E-state index contributed by atoms with van der Waals surface area (Å²) in [7, 11) is 0. The normalized spacial score (nSPS) is 17.9. The quantitative estimate of drug-likeness (QED) is 0.250. The molecule has 4 N–H and O–H groups in total. The first kappa shape index (κ1) is 25.4. The van der Waals surface area contributed by atoms with Gasteiger partial charge in [0.15, 0.2) is 5.79 Å². The number of rotatable bonds is 7. The van der Waals surface area contributed by atoms with Crippen molar-refractivity contribution in [1.82, 2.24) is 20.3 Å². The number of para-hydroxylation sites is 1. The standard InChI is InChI=1S/C27H32N8O3/c1-20(35-13-10-27(11-14-35)37-16-17-38-27)32-26(36-15-9-22-6-4-5-12-29-22)33-25(28)34-31-19-21-18-30-24-8-3-2-7-23(21)24/h2-8,12,18-19,30H,1,9-11,13-17H2,(H3,28,32,33,34)/b31-19+. The van der Waals surface area contributed by atoms with Gasteiger partial charge in [0.1, 0.15) is 5.82 Å². The second-order valence-electron chi connectivity index (χ2n) is 8.98. The fraction of sp³-hybridized carbons (Fsp3) is 0.333. The molecule has 38 heavy (non-hydrogen) atoms. The highest BCUT2D eigenvalue weighted by molar-refractivity contribution is 5.99. The van der Waals surface area contributed by atoms with E-state index < -0.39 is 5.79 Å². The molecular weight excluding hydrogens is 484 g/mol. The maximum Gasteiger partial charge on any atom is 0.321 e. The topological polar surface area (TPSA) is 135 Å². The second kappa shape index (κ2) is 11.9. The molecule has 5 rings (SSSR count). The van der Waals surface area contributed by atoms with Gasteiger partial charge in [-0.3, -0.25) is 4.98 Å². The number of aliphatic imine (C=N–C) groups is 2. The molecule has 2 aromatic heterocycles. The largest absolute Gasteiger partial charge is 0.463 e. The molecule has 0 unspecified atom stereocenters. The van der Waals surface area contributed by atoms with Gasteiger partial charge in [-0.1, -0.05) is 30.8 Å². The third kappa shape index (κ3) is 6.36. The highest BCUT2D eigenvalue weighted by Crippen LogP contribution is 2.32. The predicted octanol–water partition coefficient (Wildman–Crippen LogP) is 2.73. The van der Waals surface area contributed by atoms with Crippen LogP contribution in [0.4, 0.5) is 0 Å². The Balaban J connectivity index is 1.24. The summed E-state index contributed by atoms with van der Waals surface area (Å²) in [5.41, 5.74) is 11.7. The van der Waals surface area contributed by atoms with Gasteiger partial charge >= 0.3 is 6.02 Å². The number of guanidine groups is 1. The highest BCUT2D eigenvalue weighted by atomic mass is 16.7. The summed E-state index contributed by atoms with van der Waals surface area (Å²) < 4.78 is 17.5. The number of hydrazone groups is 1. The molecule has 2 aliphatic rings. The maximum atomic E-state index is 6.11. The third-order valence-corrected chi connectivity index (χ3v) is 6.46. The lowest BCUT2D eigenvalue weighted by molar-refractivity contribution is -0.182. The Morgan fingerprint density at radius 2 is 1.95 bits per heavy atom. The Labute approximate surface area is 221 Å². The van der Waals surface area contributed by atoms with Gasteiger partial charge in [-0.25, -0.2) is 5.43 Å². The molecule has 2 aliphatic heterocycles. The molecule has 0 bridgehead atoms. The summed E-state index contributed by atoms with van der Waals surface area (Å²) in [5.74, 6) is 0.0954. The van der Waals surface area contributed by atoms with E-state index >= 15 is 0 Å². The van der Waals surface area contributed by atoms with Gasteiger partial charge in [0, 0.05) is 66.9 Å². The fourth-order valence-corrected chi connectivity index (χ4v) is 4.45. The van der Waals surface area contributed by atoms with Crippen LogP contribution in [-0.2, 0) is 20.6 Å². The Bertz CT molecular complexity index is 1320. The van der Waals surface area contributed by atoms with Crippen LogP contribution in [0.3, 0.4) is 0 Å². The number of nitrogens with one attached hydrogen (secondary N) is 2. The molecule has 1 spiro atoms. The number of benzene rings is 1. The van der Waals surface area contributed by atoms with Crippen molar-refractivity contribution in [2.45, 2.75) is 25.0 Å². The number of hydrogen-bond acceptors (Lipinski definition) is 7. The Morgan fingerprint density at radius 3 is 2.74 bits per heavy atom. The Hall–Kier alpha value is -4.22. The monoisotopic (exact) mass is 516 g/mol. The van der Waals surface area contributed by atoms with Crippen LogP contribution in [0.1, 0.15) is 24.1 Å². The summed E-state index contributed by atoms with van der Waals surface area (Å²) in [6.45, 7) is 7.14. The van der Waals surface area contributed by atoms with Crippen LogP contribution < -0.4 is 11.2 Å². The van der Waals surface area contributed by atoms with E-state index in [0.29, 0.717) is 45.2 Å². The molecule has 0 saturated carbocycles. The molecule has 0 aliphatic carbocycles. The molecule has 0 radical (unpaired) electrons. The Morgan fingerprint density at radius 1 is 1.16 bits per heavy atom. The van der Waals surface area contributed by atoms with Crippen molar-refractivity contribution in [1.29, 1.82) is 0 Å². The number of ether oxygens (including phenoxy) is 3. The minimum atomic E-state index is -0.474. The van der Waals surface area contributed by atoms with Gasteiger partial charge in [0.05, 0.1) is 26.0 Å². The minimum absolute atomic E-state index is 0.0378. The van der Waals surface area contributed by atoms with Crippen LogP contribution >= 0.6 is 0 Å². The number of hydrogen-bond donors (Lipinski definition) is 3. The molecular formula is C27H32N8O3. The van der Waals surface area contributed by atoms with Gasteiger partial charge in [-0.05, 0) is 18.2 Å². The third-order valence-electron chi connectivity index (χ3n) is 6.46. The molecule has 11 nitrogen and oxygen atoms in total. The second-order valence-corrected chi connectivity index (χ2v) is 8.98. The summed E-state index contributed by atoms with van der Waals surface area (Å²) >= 11 is 0. The van der Waals surface area contributed by atoms with E-state index in [1.807, 2.05) is 48.7 Å². The van der Waals surface area contributed by atoms with E-state index in [-0.39, 0.29) is 12.0 Å². The van der Waals surface area contributed by atoms with Crippen LogP contribution in [-0.4, -0.2) is 71.8 Å². The lowest BCUT2D eigenvalue weighted by atomic mass is 10.0. The number of fused-ring (bicyclic) bond motifs is 1. The summed E-state index contributed by atoms with van der Waals surface area (Å²) in [5, 5.41) is 5.28. The lowest BCUT2D eigenvalue weighted by Gasteiger charge is -2.38. The lowest BCUT2D eigenvalue weighted by Crippen LogP contribution is -2.44. The van der Waals surface area contributed by atoms with E-state index in [0.717, 1.165) is 35.0 Å². The van der Waals surface area contributed by atoms with Crippen molar-refractivity contribution in [3.8, 4) is 0 Å². The van der Waals surface area contributed by atoms with E-state index in [4.69, 9.17) is 19.9 Å². The average molecular weight is 517 g/mol. The first-order valence-corrected chi connectivity index (χ1v) is 12.6. The fourth-order valence-electron chi connectivity index (χ4n) is 4.45. The molecule has 11 heteroatoms. The molecule has 2 saturated heterocycles. The highest BCUT2D eigenvalue weighted by Gasteiger charge is 2.40. The zero-order valence-electron chi connectivity index (χ0n) is 21.2. The van der Waals surface area contributed by atoms with E-state index in [1.165, 1.54) is 0 Å². The van der Waals surface area contributed by atoms with Crippen molar-refractivity contribution in [3.63, 3.8) is 0 Å². The van der Waals surface area contributed by atoms with Crippen molar-refractivity contribution >= 4 is 29.1 Å². The zero-order valence-corrected chi connectivity index (χ0v) is 21.2. The van der Waals surface area contributed by atoms with Crippen LogP contribution in [0.5, 0.6) is 0 Å². The van der Waals surface area contributed by atoms with Crippen LogP contribution in [0, 0.1) is 0 Å². The van der Waals surface area contributed by atoms with Gasteiger partial charge in [-0.2, -0.15) is 15.1 Å². The van der Waals surface area contributed by atoms with Gasteiger partial charge < -0.3 is 29.8 Å². The zero-order chi connectivity index (χ0) is 26.2. The summed E-state index contributed by atoms with van der Waals surface area (Å²) in [6.07, 6.45) is 7.38. The minimum Gasteiger partial charge on any atom is -0.463 e. The van der Waals surface area contributed by atoms with E-state index in [2.05, 4.69) is 42.0 Å². The smallest absolute Gasteiger partial charge is 0.321 e. The number of piperidine rings is 1. The number of aromatic nitrogens is 2. The van der Waals surface area contributed by atoms with Crippen LogP contribution in [0.15, 0.2) is 82.3 Å². The first-order chi connectivity index (χ1) is 18.6. The van der Waals surface area contributed by atoms with E-state index in [9.17, 15) is 0 Å². The van der Waals surface area contributed by atoms with Crippen molar-refractivity contribution in [2.75, 3.05) is 32.9 Å². The molecule has 0 amide bonds. The number of likely N-dealkylation sites (tertiary alicyclic amines) is 1. The Kier molecular flexibility index (Phi) is 7.95. The summed E-state index contributed by atoms with van der Waals surface area (Å²) in [4.78, 5) is 18.5.